The van der Waals surface area contributed by atoms with E-state index in [1.165, 1.54) is 0 Å². The van der Waals surface area contributed by atoms with Crippen molar-refractivity contribution in [3.8, 4) is 0 Å². The van der Waals surface area contributed by atoms with E-state index in [2.05, 4.69) is 9.89 Å². The van der Waals surface area contributed by atoms with Crippen LogP contribution in [0.1, 0.15) is 20.8 Å². The lowest BCUT2D eigenvalue weighted by molar-refractivity contribution is -0.112. The molecule has 2 rings (SSSR count). The third kappa shape index (κ3) is 4.28. The second-order valence-electron chi connectivity index (χ2n) is 5.78. The maximum Gasteiger partial charge on any atom is 0.184 e. The Morgan fingerprint density at radius 1 is 0.958 bits per heavy atom. The number of rotatable bonds is 6. The standard InChI is InChI=1S/C19H22Cl2N2O/c1-13-12-18(14(2)15(3)19(13)24)22-16-4-6-17(7-5-16)23(10-8-20)11-9-21/h4-7,12H,8-11H2,1-3H3. The fraction of sp³-hybridized carbons (Fsp3) is 0.368. The molecule has 0 amide bonds. The summed E-state index contributed by atoms with van der Waals surface area (Å²) >= 11 is 11.7. The summed E-state index contributed by atoms with van der Waals surface area (Å²) in [5.41, 5.74) is 5.20. The van der Waals surface area contributed by atoms with Gasteiger partial charge < -0.3 is 4.90 Å². The molecule has 24 heavy (non-hydrogen) atoms. The first kappa shape index (κ1) is 18.8. The first-order valence-electron chi connectivity index (χ1n) is 7.94. The SMILES string of the molecule is CC1=CC(=Nc2ccc(N(CCCl)CCCl)cc2)C(C)=C(C)C1=O. The van der Waals surface area contributed by atoms with Gasteiger partial charge in [-0.25, -0.2) is 4.99 Å². The van der Waals surface area contributed by atoms with Crippen LogP contribution in [0.2, 0.25) is 0 Å². The van der Waals surface area contributed by atoms with E-state index in [0.717, 1.165) is 46.9 Å². The average Bonchev–Trinajstić information content (AvgIpc) is 2.58. The number of aliphatic imine (C=N–C) groups is 1. The molecule has 0 aliphatic heterocycles. The molecule has 0 saturated carbocycles. The Balaban J connectivity index is 2.27. The summed E-state index contributed by atoms with van der Waals surface area (Å²) in [6, 6.07) is 7.99. The van der Waals surface area contributed by atoms with E-state index in [1.54, 1.807) is 0 Å². The summed E-state index contributed by atoms with van der Waals surface area (Å²) in [6.07, 6.45) is 1.85. The second-order valence-corrected chi connectivity index (χ2v) is 6.54. The van der Waals surface area contributed by atoms with E-state index >= 15 is 0 Å². The van der Waals surface area contributed by atoms with Crippen LogP contribution in [-0.4, -0.2) is 36.3 Å². The summed E-state index contributed by atoms with van der Waals surface area (Å²) < 4.78 is 0. The van der Waals surface area contributed by atoms with Crippen molar-refractivity contribution in [2.75, 3.05) is 29.7 Å². The predicted octanol–water partition coefficient (Wildman–Crippen LogP) is 4.91. The van der Waals surface area contributed by atoms with Gasteiger partial charge in [0.15, 0.2) is 5.78 Å². The van der Waals surface area contributed by atoms with E-state index in [-0.39, 0.29) is 5.78 Å². The van der Waals surface area contributed by atoms with Gasteiger partial charge in [0.2, 0.25) is 0 Å². The van der Waals surface area contributed by atoms with Gasteiger partial charge in [-0.3, -0.25) is 4.79 Å². The van der Waals surface area contributed by atoms with Crippen LogP contribution >= 0.6 is 23.2 Å². The molecular weight excluding hydrogens is 343 g/mol. The van der Waals surface area contributed by atoms with Crippen molar-refractivity contribution in [3.05, 3.63) is 47.1 Å². The molecule has 0 fully saturated rings. The molecule has 0 aromatic heterocycles. The fourth-order valence-electron chi connectivity index (χ4n) is 2.60. The number of ketones is 1. The third-order valence-corrected chi connectivity index (χ3v) is 4.51. The number of hydrogen-bond acceptors (Lipinski definition) is 3. The first-order valence-corrected chi connectivity index (χ1v) is 9.01. The van der Waals surface area contributed by atoms with Gasteiger partial charge in [-0.1, -0.05) is 0 Å². The minimum Gasteiger partial charge on any atom is -0.369 e. The Bertz CT molecular complexity index is 697. The molecule has 0 spiro atoms. The monoisotopic (exact) mass is 364 g/mol. The predicted molar refractivity (Wildman–Crippen MR) is 104 cm³/mol. The van der Waals surface area contributed by atoms with Crippen LogP contribution in [0.25, 0.3) is 0 Å². The molecule has 1 aromatic carbocycles. The number of alkyl halides is 2. The quantitative estimate of drug-likeness (QED) is 0.530. The van der Waals surface area contributed by atoms with Gasteiger partial charge in [0, 0.05) is 36.1 Å². The number of carbonyl (C=O) groups is 1. The second kappa shape index (κ2) is 8.50. The number of Topliss-reactive ketones (excluding diaryl/α,β-unsaturated/α-hetero) is 1. The Morgan fingerprint density at radius 2 is 1.54 bits per heavy atom. The minimum absolute atomic E-state index is 0.0968. The summed E-state index contributed by atoms with van der Waals surface area (Å²) in [4.78, 5) is 18.8. The van der Waals surface area contributed by atoms with Crippen molar-refractivity contribution in [2.45, 2.75) is 20.8 Å². The molecule has 0 heterocycles. The molecule has 0 unspecified atom stereocenters. The molecule has 128 valence electrons. The average molecular weight is 365 g/mol. The zero-order chi connectivity index (χ0) is 17.7. The highest BCUT2D eigenvalue weighted by Gasteiger charge is 2.18. The number of carbonyl (C=O) groups excluding carboxylic acids is 1. The Hall–Kier alpha value is -1.58. The number of halogens is 2. The van der Waals surface area contributed by atoms with Gasteiger partial charge in [-0.05, 0) is 62.3 Å². The highest BCUT2D eigenvalue weighted by molar-refractivity contribution is 6.24. The summed E-state index contributed by atoms with van der Waals surface area (Å²) in [5, 5.41) is 0. The van der Waals surface area contributed by atoms with E-state index in [1.807, 2.05) is 51.1 Å². The van der Waals surface area contributed by atoms with E-state index in [9.17, 15) is 4.79 Å². The third-order valence-electron chi connectivity index (χ3n) is 4.17. The summed E-state index contributed by atoms with van der Waals surface area (Å²) in [6.45, 7) is 7.13. The van der Waals surface area contributed by atoms with Crippen molar-refractivity contribution in [1.82, 2.24) is 0 Å². The smallest absolute Gasteiger partial charge is 0.184 e. The van der Waals surface area contributed by atoms with Gasteiger partial charge >= 0.3 is 0 Å². The maximum atomic E-state index is 12.0. The van der Waals surface area contributed by atoms with Crippen molar-refractivity contribution < 1.29 is 4.79 Å². The normalized spacial score (nSPS) is 16.6. The Kier molecular flexibility index (Phi) is 6.64. The van der Waals surface area contributed by atoms with Crippen LogP contribution in [0.5, 0.6) is 0 Å². The zero-order valence-corrected chi connectivity index (χ0v) is 15.8. The number of nitrogens with zero attached hydrogens (tertiary/aromatic N) is 2. The van der Waals surface area contributed by atoms with E-state index < -0.39 is 0 Å². The Morgan fingerprint density at radius 3 is 2.08 bits per heavy atom. The van der Waals surface area contributed by atoms with Gasteiger partial charge in [-0.2, -0.15) is 0 Å². The Labute approximate surface area is 153 Å². The lowest BCUT2D eigenvalue weighted by atomic mass is 9.91. The van der Waals surface area contributed by atoms with Gasteiger partial charge in [-0.15, -0.1) is 23.2 Å². The highest BCUT2D eigenvalue weighted by Crippen LogP contribution is 2.24. The van der Waals surface area contributed by atoms with Crippen molar-refractivity contribution in [3.63, 3.8) is 0 Å². The van der Waals surface area contributed by atoms with Crippen molar-refractivity contribution in [1.29, 1.82) is 0 Å². The molecule has 1 aromatic rings. The molecule has 1 aliphatic rings. The molecular formula is C19H22Cl2N2O. The van der Waals surface area contributed by atoms with Crippen molar-refractivity contribution in [2.24, 2.45) is 4.99 Å². The van der Waals surface area contributed by atoms with Crippen molar-refractivity contribution >= 4 is 46.1 Å². The first-order chi connectivity index (χ1) is 11.5. The molecule has 1 aliphatic carbocycles. The van der Waals surface area contributed by atoms with Gasteiger partial charge in [0.25, 0.3) is 0 Å². The lowest BCUT2D eigenvalue weighted by Crippen LogP contribution is -2.27. The molecule has 0 radical (unpaired) electrons. The van der Waals surface area contributed by atoms with Gasteiger partial charge in [0.05, 0.1) is 11.4 Å². The fourth-order valence-corrected chi connectivity index (χ4v) is 3.01. The topological polar surface area (TPSA) is 32.7 Å². The highest BCUT2D eigenvalue weighted by atomic mass is 35.5. The molecule has 3 nitrogen and oxygen atoms in total. The van der Waals surface area contributed by atoms with Gasteiger partial charge in [0.1, 0.15) is 0 Å². The number of allylic oxidation sites excluding steroid dienone is 4. The molecule has 0 saturated heterocycles. The van der Waals surface area contributed by atoms with Crippen LogP contribution in [0.15, 0.2) is 52.1 Å². The van der Waals surface area contributed by atoms with Crippen LogP contribution in [0.3, 0.4) is 0 Å². The zero-order valence-electron chi connectivity index (χ0n) is 14.3. The van der Waals surface area contributed by atoms with Crippen LogP contribution in [0.4, 0.5) is 11.4 Å². The van der Waals surface area contributed by atoms with Crippen LogP contribution < -0.4 is 4.90 Å². The number of benzene rings is 1. The van der Waals surface area contributed by atoms with Crippen LogP contribution in [-0.2, 0) is 4.79 Å². The number of hydrogen-bond donors (Lipinski definition) is 0. The van der Waals surface area contributed by atoms with Crippen LogP contribution in [0, 0.1) is 0 Å². The molecule has 0 N–H and O–H groups in total. The molecule has 5 heteroatoms. The number of anilines is 1. The summed E-state index contributed by atoms with van der Waals surface area (Å²) in [7, 11) is 0. The molecule has 0 bridgehead atoms. The molecule has 0 atom stereocenters. The van der Waals surface area contributed by atoms with E-state index in [4.69, 9.17) is 23.2 Å². The lowest BCUT2D eigenvalue weighted by Gasteiger charge is -2.22. The maximum absolute atomic E-state index is 12.0. The summed E-state index contributed by atoms with van der Waals surface area (Å²) in [5.74, 6) is 1.21. The van der Waals surface area contributed by atoms with E-state index in [0.29, 0.717) is 11.8 Å². The minimum atomic E-state index is 0.0968. The largest absolute Gasteiger partial charge is 0.369 e.